The van der Waals surface area contributed by atoms with Crippen molar-refractivity contribution in [2.45, 2.75) is 39.8 Å². The van der Waals surface area contributed by atoms with E-state index in [-0.39, 0.29) is 18.6 Å². The molecule has 0 aliphatic heterocycles. The molecule has 0 fully saturated rings. The lowest BCUT2D eigenvalue weighted by atomic mass is 10.2. The van der Waals surface area contributed by atoms with Crippen molar-refractivity contribution in [2.75, 3.05) is 0 Å². The lowest BCUT2D eigenvalue weighted by molar-refractivity contribution is -0.148. The number of fused-ring (bicyclic) bond motifs is 1. The van der Waals surface area contributed by atoms with Crippen LogP contribution in [0.5, 0.6) is 0 Å². The molecule has 1 unspecified atom stereocenters. The SMILES string of the molecule is CCC(C)OC(=O)Cn1ccc2cc(C)ccc21. The van der Waals surface area contributed by atoms with Crippen molar-refractivity contribution < 1.29 is 9.53 Å². The summed E-state index contributed by atoms with van der Waals surface area (Å²) in [7, 11) is 0. The third kappa shape index (κ3) is 2.73. The van der Waals surface area contributed by atoms with Gasteiger partial charge in [0, 0.05) is 11.7 Å². The Morgan fingerprint density at radius 3 is 2.89 bits per heavy atom. The Hall–Kier alpha value is -1.77. The smallest absolute Gasteiger partial charge is 0.326 e. The number of esters is 1. The zero-order valence-electron chi connectivity index (χ0n) is 11.1. The summed E-state index contributed by atoms with van der Waals surface area (Å²) in [6.07, 6.45) is 2.76. The van der Waals surface area contributed by atoms with E-state index in [0.29, 0.717) is 0 Å². The molecule has 0 radical (unpaired) electrons. The van der Waals surface area contributed by atoms with Crippen LogP contribution in [0.1, 0.15) is 25.8 Å². The van der Waals surface area contributed by atoms with Gasteiger partial charge in [0.25, 0.3) is 0 Å². The minimum Gasteiger partial charge on any atom is -0.461 e. The van der Waals surface area contributed by atoms with Crippen molar-refractivity contribution in [2.24, 2.45) is 0 Å². The van der Waals surface area contributed by atoms with Crippen molar-refractivity contribution in [1.82, 2.24) is 4.57 Å². The molecule has 0 aliphatic rings. The molecular weight excluding hydrogens is 226 g/mol. The van der Waals surface area contributed by atoms with Gasteiger partial charge in [-0.05, 0) is 43.9 Å². The number of benzene rings is 1. The van der Waals surface area contributed by atoms with Crippen LogP contribution in [0.3, 0.4) is 0 Å². The van der Waals surface area contributed by atoms with Crippen LogP contribution in [0, 0.1) is 6.92 Å². The van der Waals surface area contributed by atoms with Gasteiger partial charge < -0.3 is 9.30 Å². The Bertz CT molecular complexity index is 557. The molecule has 1 aromatic carbocycles. The molecule has 96 valence electrons. The standard InChI is InChI=1S/C15H19NO2/c1-4-12(3)18-15(17)10-16-8-7-13-9-11(2)5-6-14(13)16/h5-9,12H,4,10H2,1-3H3. The van der Waals surface area contributed by atoms with E-state index in [9.17, 15) is 4.79 Å². The highest BCUT2D eigenvalue weighted by Crippen LogP contribution is 2.17. The lowest BCUT2D eigenvalue weighted by Crippen LogP contribution is -2.18. The second-order valence-electron chi connectivity index (χ2n) is 4.71. The molecule has 2 rings (SSSR count). The van der Waals surface area contributed by atoms with E-state index >= 15 is 0 Å². The van der Waals surface area contributed by atoms with E-state index in [1.165, 1.54) is 5.56 Å². The fourth-order valence-electron chi connectivity index (χ4n) is 1.94. The molecule has 1 atom stereocenters. The van der Waals surface area contributed by atoms with Gasteiger partial charge in [-0.15, -0.1) is 0 Å². The average Bonchev–Trinajstić information content (AvgIpc) is 2.71. The number of aromatic nitrogens is 1. The van der Waals surface area contributed by atoms with Gasteiger partial charge in [0.1, 0.15) is 6.54 Å². The monoisotopic (exact) mass is 245 g/mol. The highest BCUT2D eigenvalue weighted by Gasteiger charge is 2.10. The average molecular weight is 245 g/mol. The zero-order chi connectivity index (χ0) is 13.1. The molecule has 0 N–H and O–H groups in total. The first-order valence-electron chi connectivity index (χ1n) is 6.35. The normalized spacial score (nSPS) is 12.6. The number of carbonyl (C=O) groups excluding carboxylic acids is 1. The molecule has 18 heavy (non-hydrogen) atoms. The van der Waals surface area contributed by atoms with Crippen LogP contribution >= 0.6 is 0 Å². The van der Waals surface area contributed by atoms with Crippen LogP contribution in [0.2, 0.25) is 0 Å². The second kappa shape index (κ2) is 5.25. The molecule has 0 saturated carbocycles. The first-order valence-corrected chi connectivity index (χ1v) is 6.35. The molecule has 0 spiro atoms. The van der Waals surface area contributed by atoms with Crippen molar-refractivity contribution in [3.63, 3.8) is 0 Å². The van der Waals surface area contributed by atoms with Gasteiger partial charge in [0.05, 0.1) is 6.10 Å². The number of aryl methyl sites for hydroxylation is 1. The topological polar surface area (TPSA) is 31.2 Å². The predicted octanol–water partition coefficient (Wildman–Crippen LogP) is 3.29. The Labute approximate surface area is 107 Å². The quantitative estimate of drug-likeness (QED) is 0.774. The fourth-order valence-corrected chi connectivity index (χ4v) is 1.94. The van der Waals surface area contributed by atoms with Crippen LogP contribution in [0.4, 0.5) is 0 Å². The van der Waals surface area contributed by atoms with Gasteiger partial charge in [-0.3, -0.25) is 4.79 Å². The van der Waals surface area contributed by atoms with E-state index in [0.717, 1.165) is 17.3 Å². The molecule has 0 aliphatic carbocycles. The Morgan fingerprint density at radius 1 is 1.39 bits per heavy atom. The third-order valence-corrected chi connectivity index (χ3v) is 3.13. The third-order valence-electron chi connectivity index (χ3n) is 3.13. The Kier molecular flexibility index (Phi) is 3.70. The highest BCUT2D eigenvalue weighted by molar-refractivity contribution is 5.82. The van der Waals surface area contributed by atoms with E-state index < -0.39 is 0 Å². The summed E-state index contributed by atoms with van der Waals surface area (Å²) in [5.74, 6) is -0.178. The van der Waals surface area contributed by atoms with E-state index in [1.807, 2.05) is 36.7 Å². The van der Waals surface area contributed by atoms with Gasteiger partial charge in [0.2, 0.25) is 0 Å². The molecule has 3 nitrogen and oxygen atoms in total. The molecule has 1 heterocycles. The van der Waals surface area contributed by atoms with Gasteiger partial charge in [-0.1, -0.05) is 18.6 Å². The van der Waals surface area contributed by atoms with E-state index in [2.05, 4.69) is 19.1 Å². The minimum atomic E-state index is -0.178. The number of hydrogen-bond acceptors (Lipinski definition) is 2. The number of carbonyl (C=O) groups is 1. The van der Waals surface area contributed by atoms with Gasteiger partial charge in [-0.2, -0.15) is 0 Å². The minimum absolute atomic E-state index is 0.0124. The molecule has 0 bridgehead atoms. The summed E-state index contributed by atoms with van der Waals surface area (Å²) in [6.45, 7) is 6.26. The first kappa shape index (κ1) is 12.7. The van der Waals surface area contributed by atoms with Crippen molar-refractivity contribution in [3.8, 4) is 0 Å². The fraction of sp³-hybridized carbons (Fsp3) is 0.400. The maximum absolute atomic E-state index is 11.7. The van der Waals surface area contributed by atoms with Crippen molar-refractivity contribution in [1.29, 1.82) is 0 Å². The van der Waals surface area contributed by atoms with Crippen molar-refractivity contribution >= 4 is 16.9 Å². The van der Waals surface area contributed by atoms with Gasteiger partial charge in [0.15, 0.2) is 0 Å². The first-order chi connectivity index (χ1) is 8.60. The lowest BCUT2D eigenvalue weighted by Gasteiger charge is -2.11. The van der Waals surface area contributed by atoms with Gasteiger partial charge >= 0.3 is 5.97 Å². The molecule has 1 aromatic heterocycles. The van der Waals surface area contributed by atoms with Crippen LogP contribution in [-0.2, 0) is 16.1 Å². The van der Waals surface area contributed by atoms with Crippen LogP contribution in [0.15, 0.2) is 30.5 Å². The largest absolute Gasteiger partial charge is 0.461 e. The number of ether oxygens (including phenoxy) is 1. The highest BCUT2D eigenvalue weighted by atomic mass is 16.5. The number of nitrogens with zero attached hydrogens (tertiary/aromatic N) is 1. The molecular formula is C15H19NO2. The maximum atomic E-state index is 11.7. The number of rotatable bonds is 4. The molecule has 2 aromatic rings. The summed E-state index contributed by atoms with van der Waals surface area (Å²) >= 11 is 0. The van der Waals surface area contributed by atoms with Gasteiger partial charge in [-0.25, -0.2) is 0 Å². The second-order valence-corrected chi connectivity index (χ2v) is 4.71. The Balaban J connectivity index is 2.15. The Morgan fingerprint density at radius 2 is 2.17 bits per heavy atom. The van der Waals surface area contributed by atoms with E-state index in [4.69, 9.17) is 4.74 Å². The summed E-state index contributed by atoms with van der Waals surface area (Å²) in [5.41, 5.74) is 2.30. The summed E-state index contributed by atoms with van der Waals surface area (Å²) in [5, 5.41) is 1.16. The van der Waals surface area contributed by atoms with Crippen LogP contribution < -0.4 is 0 Å². The summed E-state index contributed by atoms with van der Waals surface area (Å²) < 4.78 is 7.22. The maximum Gasteiger partial charge on any atom is 0.326 e. The predicted molar refractivity (Wildman–Crippen MR) is 72.5 cm³/mol. The molecule has 3 heteroatoms. The summed E-state index contributed by atoms with van der Waals surface area (Å²) in [6, 6.07) is 8.24. The molecule has 0 amide bonds. The molecule has 0 saturated heterocycles. The zero-order valence-corrected chi connectivity index (χ0v) is 11.1. The van der Waals surface area contributed by atoms with Crippen LogP contribution in [-0.4, -0.2) is 16.6 Å². The number of hydrogen-bond donors (Lipinski definition) is 0. The van der Waals surface area contributed by atoms with Crippen molar-refractivity contribution in [3.05, 3.63) is 36.0 Å². The summed E-state index contributed by atoms with van der Waals surface area (Å²) in [4.78, 5) is 11.7. The van der Waals surface area contributed by atoms with E-state index in [1.54, 1.807) is 0 Å². The van der Waals surface area contributed by atoms with Crippen LogP contribution in [0.25, 0.3) is 10.9 Å².